The molecule has 26 heavy (non-hydrogen) atoms. The number of hydrogen-bond acceptors (Lipinski definition) is 3. The summed E-state index contributed by atoms with van der Waals surface area (Å²) in [6.45, 7) is 2.69. The first kappa shape index (κ1) is 17.7. The second-order valence-corrected chi connectivity index (χ2v) is 6.25. The van der Waals surface area contributed by atoms with E-state index in [2.05, 4.69) is 29.4 Å². The minimum absolute atomic E-state index is 0.0983. The van der Waals surface area contributed by atoms with Crippen molar-refractivity contribution in [3.05, 3.63) is 89.7 Å². The molecule has 4 nitrogen and oxygen atoms in total. The molecule has 0 aliphatic rings. The molecule has 132 valence electrons. The van der Waals surface area contributed by atoms with Gasteiger partial charge in [0.1, 0.15) is 5.69 Å². The van der Waals surface area contributed by atoms with Crippen molar-refractivity contribution in [3.8, 4) is 0 Å². The normalized spacial score (nSPS) is 10.4. The maximum absolute atomic E-state index is 12.7. The molecule has 0 unspecified atom stereocenters. The van der Waals surface area contributed by atoms with Crippen LogP contribution in [0.4, 0.5) is 11.4 Å². The maximum Gasteiger partial charge on any atom is 0.272 e. The molecule has 0 aliphatic heterocycles. The van der Waals surface area contributed by atoms with Gasteiger partial charge in [-0.25, -0.2) is 0 Å². The van der Waals surface area contributed by atoms with E-state index >= 15 is 0 Å². The fourth-order valence-corrected chi connectivity index (χ4v) is 2.74. The Morgan fingerprint density at radius 3 is 2.38 bits per heavy atom. The Morgan fingerprint density at radius 1 is 0.962 bits per heavy atom. The number of carbonyl (C=O) groups is 1. The van der Waals surface area contributed by atoms with E-state index < -0.39 is 0 Å². The van der Waals surface area contributed by atoms with Gasteiger partial charge in [0.2, 0.25) is 0 Å². The lowest BCUT2D eigenvalue weighted by Crippen LogP contribution is -2.27. The zero-order valence-corrected chi connectivity index (χ0v) is 15.1. The molecule has 1 amide bonds. The Hall–Kier alpha value is -3.14. The molecule has 3 aromatic rings. The Balaban J connectivity index is 1.70. The number of amides is 1. The van der Waals surface area contributed by atoms with Crippen molar-refractivity contribution in [2.24, 2.45) is 0 Å². The summed E-state index contributed by atoms with van der Waals surface area (Å²) in [7, 11) is 1.79. The summed E-state index contributed by atoms with van der Waals surface area (Å²) in [4.78, 5) is 18.6. The summed E-state index contributed by atoms with van der Waals surface area (Å²) < 4.78 is 0. The number of benzene rings is 2. The summed E-state index contributed by atoms with van der Waals surface area (Å²) in [6, 6.07) is 21.9. The van der Waals surface area contributed by atoms with E-state index in [1.165, 1.54) is 5.56 Å². The molecule has 0 saturated carbocycles. The SMILES string of the molecule is CCc1ccc(Nc2ccnc(C(=O)N(C)Cc3ccccc3)c2)cc1. The first-order chi connectivity index (χ1) is 12.7. The molecule has 3 rings (SSSR count). The molecule has 2 aromatic carbocycles. The van der Waals surface area contributed by atoms with Crippen LogP contribution in [-0.2, 0) is 13.0 Å². The summed E-state index contributed by atoms with van der Waals surface area (Å²) in [5, 5.41) is 3.33. The van der Waals surface area contributed by atoms with Crippen LogP contribution in [0.25, 0.3) is 0 Å². The summed E-state index contributed by atoms with van der Waals surface area (Å²) in [5.41, 5.74) is 4.65. The van der Waals surface area contributed by atoms with Gasteiger partial charge < -0.3 is 10.2 Å². The van der Waals surface area contributed by atoms with Crippen LogP contribution in [0.1, 0.15) is 28.5 Å². The van der Waals surface area contributed by atoms with E-state index in [0.717, 1.165) is 23.4 Å². The van der Waals surface area contributed by atoms with Gasteiger partial charge in [-0.05, 0) is 41.8 Å². The largest absolute Gasteiger partial charge is 0.355 e. The van der Waals surface area contributed by atoms with Gasteiger partial charge in [-0.1, -0.05) is 49.4 Å². The highest BCUT2D eigenvalue weighted by Crippen LogP contribution is 2.18. The number of nitrogens with zero attached hydrogens (tertiary/aromatic N) is 2. The summed E-state index contributed by atoms with van der Waals surface area (Å²) in [6.07, 6.45) is 2.67. The lowest BCUT2D eigenvalue weighted by atomic mass is 10.1. The van der Waals surface area contributed by atoms with Crippen LogP contribution in [0, 0.1) is 0 Å². The molecule has 0 bridgehead atoms. The van der Waals surface area contributed by atoms with E-state index in [1.807, 2.05) is 48.5 Å². The number of rotatable bonds is 6. The Morgan fingerprint density at radius 2 is 1.69 bits per heavy atom. The van der Waals surface area contributed by atoms with E-state index in [9.17, 15) is 4.79 Å². The molecule has 1 aromatic heterocycles. The minimum Gasteiger partial charge on any atom is -0.355 e. The molecule has 0 aliphatic carbocycles. The number of hydrogen-bond donors (Lipinski definition) is 1. The minimum atomic E-state index is -0.0983. The Bertz CT molecular complexity index is 860. The van der Waals surface area contributed by atoms with Gasteiger partial charge in [-0.3, -0.25) is 9.78 Å². The van der Waals surface area contributed by atoms with Crippen LogP contribution in [0.2, 0.25) is 0 Å². The third kappa shape index (κ3) is 4.48. The van der Waals surface area contributed by atoms with Gasteiger partial charge in [0, 0.05) is 31.2 Å². The van der Waals surface area contributed by atoms with Crippen LogP contribution in [0.15, 0.2) is 72.9 Å². The molecule has 1 heterocycles. The van der Waals surface area contributed by atoms with Gasteiger partial charge in [0.05, 0.1) is 0 Å². The fraction of sp³-hybridized carbons (Fsp3) is 0.182. The smallest absolute Gasteiger partial charge is 0.272 e. The van der Waals surface area contributed by atoms with Crippen molar-refractivity contribution in [1.82, 2.24) is 9.88 Å². The maximum atomic E-state index is 12.7. The van der Waals surface area contributed by atoms with Gasteiger partial charge in [-0.2, -0.15) is 0 Å². The van der Waals surface area contributed by atoms with Crippen LogP contribution in [0.3, 0.4) is 0 Å². The first-order valence-corrected chi connectivity index (χ1v) is 8.77. The highest BCUT2D eigenvalue weighted by Gasteiger charge is 2.14. The van der Waals surface area contributed by atoms with Crippen LogP contribution in [-0.4, -0.2) is 22.8 Å². The molecule has 0 atom stereocenters. The average molecular weight is 345 g/mol. The summed E-state index contributed by atoms with van der Waals surface area (Å²) >= 11 is 0. The molecule has 4 heteroatoms. The lowest BCUT2D eigenvalue weighted by Gasteiger charge is -2.17. The standard InChI is InChI=1S/C22H23N3O/c1-3-17-9-11-19(12-10-17)24-20-13-14-23-21(15-20)22(26)25(2)16-18-7-5-4-6-8-18/h4-15H,3,16H2,1-2H3,(H,23,24). The van der Waals surface area contributed by atoms with Crippen molar-refractivity contribution < 1.29 is 4.79 Å². The number of pyridine rings is 1. The fourth-order valence-electron chi connectivity index (χ4n) is 2.74. The third-order valence-electron chi connectivity index (χ3n) is 4.24. The highest BCUT2D eigenvalue weighted by molar-refractivity contribution is 5.93. The molecule has 1 N–H and O–H groups in total. The number of anilines is 2. The van der Waals surface area contributed by atoms with E-state index in [1.54, 1.807) is 24.2 Å². The summed E-state index contributed by atoms with van der Waals surface area (Å²) in [5.74, 6) is -0.0983. The first-order valence-electron chi connectivity index (χ1n) is 8.77. The van der Waals surface area contributed by atoms with Gasteiger partial charge in [0.25, 0.3) is 5.91 Å². The predicted octanol–water partition coefficient (Wildman–Crippen LogP) is 4.66. The number of carbonyl (C=O) groups excluding carboxylic acids is 1. The molecule has 0 radical (unpaired) electrons. The predicted molar refractivity (Wildman–Crippen MR) is 106 cm³/mol. The van der Waals surface area contributed by atoms with E-state index in [0.29, 0.717) is 12.2 Å². The van der Waals surface area contributed by atoms with E-state index in [4.69, 9.17) is 0 Å². The molecule has 0 spiro atoms. The van der Waals surface area contributed by atoms with Crippen molar-refractivity contribution in [1.29, 1.82) is 0 Å². The van der Waals surface area contributed by atoms with Crippen molar-refractivity contribution >= 4 is 17.3 Å². The third-order valence-corrected chi connectivity index (χ3v) is 4.24. The Labute approximate surface area is 154 Å². The number of nitrogens with one attached hydrogen (secondary N) is 1. The van der Waals surface area contributed by atoms with Gasteiger partial charge >= 0.3 is 0 Å². The van der Waals surface area contributed by atoms with Crippen LogP contribution >= 0.6 is 0 Å². The molecular weight excluding hydrogens is 322 g/mol. The van der Waals surface area contributed by atoms with Crippen LogP contribution < -0.4 is 5.32 Å². The average Bonchev–Trinajstić information content (AvgIpc) is 2.69. The van der Waals surface area contributed by atoms with Crippen LogP contribution in [0.5, 0.6) is 0 Å². The van der Waals surface area contributed by atoms with Gasteiger partial charge in [-0.15, -0.1) is 0 Å². The highest BCUT2D eigenvalue weighted by atomic mass is 16.2. The number of aryl methyl sites for hydroxylation is 1. The van der Waals surface area contributed by atoms with Crippen molar-refractivity contribution in [2.45, 2.75) is 19.9 Å². The lowest BCUT2D eigenvalue weighted by molar-refractivity contribution is 0.0779. The zero-order chi connectivity index (χ0) is 18.4. The molecular formula is C22H23N3O. The van der Waals surface area contributed by atoms with Gasteiger partial charge in [0.15, 0.2) is 0 Å². The quantitative estimate of drug-likeness (QED) is 0.707. The van der Waals surface area contributed by atoms with Crippen molar-refractivity contribution in [3.63, 3.8) is 0 Å². The second-order valence-electron chi connectivity index (χ2n) is 6.25. The second kappa shape index (κ2) is 8.30. The molecule has 0 fully saturated rings. The number of aromatic nitrogens is 1. The monoisotopic (exact) mass is 345 g/mol. The Kier molecular flexibility index (Phi) is 5.64. The molecule has 0 saturated heterocycles. The van der Waals surface area contributed by atoms with Crippen molar-refractivity contribution in [2.75, 3.05) is 12.4 Å². The van der Waals surface area contributed by atoms with E-state index in [-0.39, 0.29) is 5.91 Å². The zero-order valence-electron chi connectivity index (χ0n) is 15.1. The topological polar surface area (TPSA) is 45.2 Å².